The number of hydrogen-bond donors (Lipinski definition) is 1. The minimum absolute atomic E-state index is 0.0268. The van der Waals surface area contributed by atoms with E-state index in [0.29, 0.717) is 24.4 Å². The third-order valence-electron chi connectivity index (χ3n) is 3.70. The van der Waals surface area contributed by atoms with Gasteiger partial charge in [0.25, 0.3) is 5.91 Å². The Bertz CT molecular complexity index is 498. The minimum atomic E-state index is -0.0268. The molecule has 0 heterocycles. The second-order valence-corrected chi connectivity index (χ2v) is 5.92. The highest BCUT2D eigenvalue weighted by molar-refractivity contribution is 6.00. The van der Waals surface area contributed by atoms with Crippen LogP contribution in [0, 0.1) is 5.92 Å². The normalized spacial score (nSPS) is 14.0. The summed E-state index contributed by atoms with van der Waals surface area (Å²) in [6.45, 7) is 1.99. The number of amides is 1. The average Bonchev–Trinajstić information content (AvgIpc) is 3.26. The standard InChI is InChI=1S/C16H25N3O2/c1-18(2)15-7-6-13(17)10-14(15)16(20)19(3)8-9-21-11-12-4-5-12/h6-7,10,12H,4-5,8-9,11,17H2,1-3H3. The zero-order chi connectivity index (χ0) is 15.4. The fourth-order valence-corrected chi connectivity index (χ4v) is 2.16. The average molecular weight is 291 g/mol. The van der Waals surface area contributed by atoms with Gasteiger partial charge in [-0.1, -0.05) is 0 Å². The third-order valence-corrected chi connectivity index (χ3v) is 3.70. The number of anilines is 2. The first kappa shape index (κ1) is 15.6. The van der Waals surface area contributed by atoms with Crippen molar-refractivity contribution in [2.24, 2.45) is 5.92 Å². The van der Waals surface area contributed by atoms with Gasteiger partial charge in [0.05, 0.1) is 12.2 Å². The van der Waals surface area contributed by atoms with Gasteiger partial charge < -0.3 is 20.3 Å². The zero-order valence-electron chi connectivity index (χ0n) is 13.1. The summed E-state index contributed by atoms with van der Waals surface area (Å²) in [5.74, 6) is 0.723. The first-order chi connectivity index (χ1) is 9.99. The number of rotatable bonds is 7. The van der Waals surface area contributed by atoms with Crippen LogP contribution in [0.2, 0.25) is 0 Å². The van der Waals surface area contributed by atoms with E-state index in [9.17, 15) is 4.79 Å². The number of nitrogens with zero attached hydrogens (tertiary/aromatic N) is 2. The van der Waals surface area contributed by atoms with Crippen LogP contribution in [0.1, 0.15) is 23.2 Å². The fourth-order valence-electron chi connectivity index (χ4n) is 2.16. The molecule has 1 amide bonds. The molecule has 0 aromatic heterocycles. The van der Waals surface area contributed by atoms with E-state index in [1.54, 1.807) is 18.0 Å². The number of carbonyl (C=O) groups is 1. The van der Waals surface area contributed by atoms with Gasteiger partial charge in [-0.05, 0) is 37.0 Å². The zero-order valence-corrected chi connectivity index (χ0v) is 13.1. The molecule has 0 saturated heterocycles. The maximum atomic E-state index is 12.6. The number of hydrogen-bond acceptors (Lipinski definition) is 4. The van der Waals surface area contributed by atoms with Crippen LogP contribution in [-0.4, -0.2) is 51.7 Å². The van der Waals surface area contributed by atoms with Gasteiger partial charge in [-0.25, -0.2) is 0 Å². The first-order valence-corrected chi connectivity index (χ1v) is 7.39. The van der Waals surface area contributed by atoms with Crippen LogP contribution >= 0.6 is 0 Å². The Labute approximate surface area is 126 Å². The van der Waals surface area contributed by atoms with Gasteiger partial charge in [0, 0.05) is 45.7 Å². The number of benzene rings is 1. The summed E-state index contributed by atoms with van der Waals surface area (Å²) in [7, 11) is 5.63. The quantitative estimate of drug-likeness (QED) is 0.615. The molecule has 2 N–H and O–H groups in total. The summed E-state index contributed by atoms with van der Waals surface area (Å²) in [4.78, 5) is 16.2. The first-order valence-electron chi connectivity index (χ1n) is 7.39. The van der Waals surface area contributed by atoms with Crippen LogP contribution in [-0.2, 0) is 4.74 Å². The Morgan fingerprint density at radius 3 is 2.67 bits per heavy atom. The summed E-state index contributed by atoms with van der Waals surface area (Å²) in [5, 5.41) is 0. The molecular formula is C16H25N3O2. The highest BCUT2D eigenvalue weighted by Crippen LogP contribution is 2.28. The maximum absolute atomic E-state index is 12.6. The molecule has 5 heteroatoms. The van der Waals surface area contributed by atoms with E-state index < -0.39 is 0 Å². The molecule has 0 atom stereocenters. The predicted molar refractivity (Wildman–Crippen MR) is 85.7 cm³/mol. The molecule has 0 unspecified atom stereocenters. The third kappa shape index (κ3) is 4.36. The molecule has 116 valence electrons. The van der Waals surface area contributed by atoms with Crippen molar-refractivity contribution in [2.45, 2.75) is 12.8 Å². The molecule has 0 bridgehead atoms. The molecule has 5 nitrogen and oxygen atoms in total. The van der Waals surface area contributed by atoms with Crippen molar-refractivity contribution in [1.82, 2.24) is 4.90 Å². The van der Waals surface area contributed by atoms with E-state index in [1.807, 2.05) is 31.1 Å². The lowest BCUT2D eigenvalue weighted by Gasteiger charge is -2.22. The molecule has 0 radical (unpaired) electrons. The van der Waals surface area contributed by atoms with Crippen molar-refractivity contribution >= 4 is 17.3 Å². The van der Waals surface area contributed by atoms with Crippen LogP contribution in [0.15, 0.2) is 18.2 Å². The summed E-state index contributed by atoms with van der Waals surface area (Å²) in [5.41, 5.74) is 7.92. The molecule has 1 aliphatic carbocycles. The number of nitrogens with two attached hydrogens (primary N) is 1. The Morgan fingerprint density at radius 2 is 2.05 bits per heavy atom. The molecule has 1 aromatic carbocycles. The van der Waals surface area contributed by atoms with Crippen molar-refractivity contribution in [1.29, 1.82) is 0 Å². The molecule has 1 fully saturated rings. The Kier molecular flexibility index (Phi) is 5.07. The van der Waals surface area contributed by atoms with Crippen molar-refractivity contribution in [3.05, 3.63) is 23.8 Å². The Morgan fingerprint density at radius 1 is 1.33 bits per heavy atom. The number of likely N-dealkylation sites (N-methyl/N-ethyl adjacent to an activating group) is 1. The summed E-state index contributed by atoms with van der Waals surface area (Å²) >= 11 is 0. The van der Waals surface area contributed by atoms with E-state index in [4.69, 9.17) is 10.5 Å². The summed E-state index contributed by atoms with van der Waals surface area (Å²) in [6, 6.07) is 5.42. The molecular weight excluding hydrogens is 266 g/mol. The Hall–Kier alpha value is -1.75. The monoisotopic (exact) mass is 291 g/mol. The predicted octanol–water partition coefficient (Wildman–Crippen LogP) is 1.83. The van der Waals surface area contributed by atoms with Gasteiger partial charge in [0.2, 0.25) is 0 Å². The highest BCUT2D eigenvalue weighted by atomic mass is 16.5. The van der Waals surface area contributed by atoms with Gasteiger partial charge in [-0.15, -0.1) is 0 Å². The van der Waals surface area contributed by atoms with Gasteiger partial charge in [-0.3, -0.25) is 4.79 Å². The van der Waals surface area contributed by atoms with Crippen LogP contribution in [0.4, 0.5) is 11.4 Å². The van der Waals surface area contributed by atoms with E-state index in [2.05, 4.69) is 0 Å². The van der Waals surface area contributed by atoms with E-state index in [1.165, 1.54) is 12.8 Å². The second-order valence-electron chi connectivity index (χ2n) is 5.92. The van der Waals surface area contributed by atoms with Crippen LogP contribution < -0.4 is 10.6 Å². The van der Waals surface area contributed by atoms with Gasteiger partial charge in [0.1, 0.15) is 0 Å². The molecule has 1 saturated carbocycles. The van der Waals surface area contributed by atoms with Crippen molar-refractivity contribution < 1.29 is 9.53 Å². The lowest BCUT2D eigenvalue weighted by molar-refractivity contribution is 0.0681. The fraction of sp³-hybridized carbons (Fsp3) is 0.562. The smallest absolute Gasteiger partial charge is 0.255 e. The topological polar surface area (TPSA) is 58.8 Å². The largest absolute Gasteiger partial charge is 0.399 e. The molecule has 21 heavy (non-hydrogen) atoms. The number of carbonyl (C=O) groups excluding carboxylic acids is 1. The Balaban J connectivity index is 1.95. The molecule has 2 rings (SSSR count). The van der Waals surface area contributed by atoms with Gasteiger partial charge in [0.15, 0.2) is 0 Å². The SMILES string of the molecule is CN(CCOCC1CC1)C(=O)c1cc(N)ccc1N(C)C. The lowest BCUT2D eigenvalue weighted by atomic mass is 10.1. The molecule has 1 aliphatic rings. The molecule has 0 aliphatic heterocycles. The van der Waals surface area contributed by atoms with Crippen molar-refractivity contribution in [2.75, 3.05) is 51.5 Å². The van der Waals surface area contributed by atoms with Crippen LogP contribution in [0.25, 0.3) is 0 Å². The maximum Gasteiger partial charge on any atom is 0.255 e. The molecule has 1 aromatic rings. The van der Waals surface area contributed by atoms with Crippen LogP contribution in [0.5, 0.6) is 0 Å². The van der Waals surface area contributed by atoms with Crippen molar-refractivity contribution in [3.63, 3.8) is 0 Å². The van der Waals surface area contributed by atoms with Crippen molar-refractivity contribution in [3.8, 4) is 0 Å². The summed E-state index contributed by atoms with van der Waals surface area (Å²) < 4.78 is 5.59. The van der Waals surface area contributed by atoms with E-state index in [0.717, 1.165) is 18.2 Å². The van der Waals surface area contributed by atoms with E-state index in [-0.39, 0.29) is 5.91 Å². The van der Waals surface area contributed by atoms with Crippen LogP contribution in [0.3, 0.4) is 0 Å². The van der Waals surface area contributed by atoms with Gasteiger partial charge in [-0.2, -0.15) is 0 Å². The number of ether oxygens (including phenoxy) is 1. The van der Waals surface area contributed by atoms with E-state index >= 15 is 0 Å². The highest BCUT2D eigenvalue weighted by Gasteiger charge is 2.21. The minimum Gasteiger partial charge on any atom is -0.399 e. The van der Waals surface area contributed by atoms with Gasteiger partial charge >= 0.3 is 0 Å². The molecule has 0 spiro atoms. The lowest BCUT2D eigenvalue weighted by Crippen LogP contribution is -2.31. The summed E-state index contributed by atoms with van der Waals surface area (Å²) in [6.07, 6.45) is 2.56. The number of nitrogen functional groups attached to an aromatic ring is 1. The second kappa shape index (κ2) is 6.80.